The first-order valence-electron chi connectivity index (χ1n) is 5.65. The van der Waals surface area contributed by atoms with Crippen LogP contribution >= 0.6 is 22.9 Å². The SMILES string of the molecule is Nc1cc(=O)nc2sc(COc3ccc(Cl)cc3)nn12. The van der Waals surface area contributed by atoms with E-state index in [1.807, 2.05) is 0 Å². The Kier molecular flexibility index (Phi) is 3.29. The molecule has 3 rings (SSSR count). The Morgan fingerprint density at radius 1 is 1.35 bits per heavy atom. The van der Waals surface area contributed by atoms with Crippen molar-refractivity contribution in [3.63, 3.8) is 0 Å². The van der Waals surface area contributed by atoms with Gasteiger partial charge in [-0.1, -0.05) is 22.9 Å². The molecule has 0 atom stereocenters. The molecule has 6 nitrogen and oxygen atoms in total. The molecule has 20 heavy (non-hydrogen) atoms. The molecule has 0 bridgehead atoms. The molecule has 0 saturated heterocycles. The lowest BCUT2D eigenvalue weighted by molar-refractivity contribution is 0.304. The van der Waals surface area contributed by atoms with Crippen LogP contribution in [0.15, 0.2) is 35.1 Å². The molecule has 3 aromatic rings. The van der Waals surface area contributed by atoms with Gasteiger partial charge in [-0.2, -0.15) is 14.6 Å². The quantitative estimate of drug-likeness (QED) is 0.800. The number of fused-ring (bicyclic) bond motifs is 1. The maximum Gasteiger partial charge on any atom is 0.276 e. The molecule has 102 valence electrons. The first-order chi connectivity index (χ1) is 9.61. The van der Waals surface area contributed by atoms with Crippen molar-refractivity contribution < 1.29 is 4.74 Å². The Bertz CT molecular complexity index is 812. The second-order valence-electron chi connectivity index (χ2n) is 3.95. The van der Waals surface area contributed by atoms with Gasteiger partial charge in [0.25, 0.3) is 5.56 Å². The second-order valence-corrected chi connectivity index (χ2v) is 5.43. The lowest BCUT2D eigenvalue weighted by atomic mass is 10.3. The predicted molar refractivity (Wildman–Crippen MR) is 77.3 cm³/mol. The highest BCUT2D eigenvalue weighted by atomic mass is 35.5. The van der Waals surface area contributed by atoms with Gasteiger partial charge < -0.3 is 10.5 Å². The number of benzene rings is 1. The fraction of sp³-hybridized carbons (Fsp3) is 0.0833. The number of nitrogens with zero attached hydrogens (tertiary/aromatic N) is 3. The van der Waals surface area contributed by atoms with Gasteiger partial charge in [0.05, 0.1) is 0 Å². The highest BCUT2D eigenvalue weighted by molar-refractivity contribution is 7.16. The molecule has 2 heterocycles. The monoisotopic (exact) mass is 308 g/mol. The van der Waals surface area contributed by atoms with Crippen LogP contribution in [0.5, 0.6) is 5.75 Å². The minimum Gasteiger partial charge on any atom is -0.486 e. The van der Waals surface area contributed by atoms with Crippen LogP contribution in [0.1, 0.15) is 5.01 Å². The molecule has 2 N–H and O–H groups in total. The summed E-state index contributed by atoms with van der Waals surface area (Å²) in [7, 11) is 0. The van der Waals surface area contributed by atoms with Gasteiger partial charge in [-0.25, -0.2) is 0 Å². The number of nitrogens with two attached hydrogens (primary N) is 1. The number of nitrogen functional groups attached to an aromatic ring is 1. The fourth-order valence-corrected chi connectivity index (χ4v) is 2.56. The van der Waals surface area contributed by atoms with E-state index in [1.54, 1.807) is 24.3 Å². The normalized spacial score (nSPS) is 10.8. The largest absolute Gasteiger partial charge is 0.486 e. The second kappa shape index (κ2) is 5.10. The van der Waals surface area contributed by atoms with Crippen LogP contribution < -0.4 is 16.0 Å². The highest BCUT2D eigenvalue weighted by Crippen LogP contribution is 2.19. The lowest BCUT2D eigenvalue weighted by Crippen LogP contribution is -2.10. The Labute approximate surface area is 122 Å². The summed E-state index contributed by atoms with van der Waals surface area (Å²) in [5.74, 6) is 0.943. The number of hydrogen-bond donors (Lipinski definition) is 1. The van der Waals surface area contributed by atoms with Crippen molar-refractivity contribution in [1.29, 1.82) is 0 Å². The zero-order valence-corrected chi connectivity index (χ0v) is 11.7. The molecule has 0 radical (unpaired) electrons. The van der Waals surface area contributed by atoms with Crippen molar-refractivity contribution in [3.8, 4) is 5.75 Å². The van der Waals surface area contributed by atoms with Crippen LogP contribution in [-0.4, -0.2) is 14.6 Å². The highest BCUT2D eigenvalue weighted by Gasteiger charge is 2.08. The van der Waals surface area contributed by atoms with E-state index < -0.39 is 0 Å². The standard InChI is InChI=1S/C12H9ClN4O2S/c13-7-1-3-8(4-2-7)19-6-11-16-17-9(14)5-10(18)15-12(17)20-11/h1-5H,6,14H2. The third-order valence-corrected chi connectivity index (χ3v) is 3.63. The zero-order valence-electron chi connectivity index (χ0n) is 10.1. The number of anilines is 1. The van der Waals surface area contributed by atoms with Crippen molar-refractivity contribution in [1.82, 2.24) is 14.6 Å². The molecule has 0 aliphatic heterocycles. The van der Waals surface area contributed by atoms with Crippen LogP contribution in [0, 0.1) is 0 Å². The molecular weight excluding hydrogens is 300 g/mol. The van der Waals surface area contributed by atoms with Gasteiger partial charge >= 0.3 is 0 Å². The van der Waals surface area contributed by atoms with E-state index in [1.165, 1.54) is 21.9 Å². The smallest absolute Gasteiger partial charge is 0.276 e. The van der Waals surface area contributed by atoms with E-state index in [0.717, 1.165) is 0 Å². The third kappa shape index (κ3) is 2.59. The summed E-state index contributed by atoms with van der Waals surface area (Å²) in [6.07, 6.45) is 0. The van der Waals surface area contributed by atoms with Gasteiger partial charge in [-0.15, -0.1) is 0 Å². The summed E-state index contributed by atoms with van der Waals surface area (Å²) >= 11 is 7.05. The minimum absolute atomic E-state index is 0.258. The van der Waals surface area contributed by atoms with Crippen molar-refractivity contribution in [2.24, 2.45) is 0 Å². The Morgan fingerprint density at radius 3 is 2.85 bits per heavy atom. The summed E-state index contributed by atoms with van der Waals surface area (Å²) in [4.78, 5) is 15.5. The number of rotatable bonds is 3. The first-order valence-corrected chi connectivity index (χ1v) is 6.85. The summed E-state index contributed by atoms with van der Waals surface area (Å²) < 4.78 is 7.00. The summed E-state index contributed by atoms with van der Waals surface area (Å²) in [6, 6.07) is 8.26. The molecule has 0 unspecified atom stereocenters. The molecule has 2 aromatic heterocycles. The van der Waals surface area contributed by atoms with E-state index in [0.29, 0.717) is 20.7 Å². The minimum atomic E-state index is -0.378. The van der Waals surface area contributed by atoms with E-state index in [2.05, 4.69) is 10.1 Å². The molecule has 0 spiro atoms. The third-order valence-electron chi connectivity index (χ3n) is 2.50. The van der Waals surface area contributed by atoms with Crippen molar-refractivity contribution in [2.45, 2.75) is 6.61 Å². The van der Waals surface area contributed by atoms with E-state index >= 15 is 0 Å². The Morgan fingerprint density at radius 2 is 2.10 bits per heavy atom. The molecule has 0 saturated carbocycles. The average molecular weight is 309 g/mol. The van der Waals surface area contributed by atoms with Gasteiger partial charge in [0.15, 0.2) is 5.01 Å². The Balaban J connectivity index is 1.83. The number of aromatic nitrogens is 3. The van der Waals surface area contributed by atoms with Gasteiger partial charge in [0, 0.05) is 11.1 Å². The summed E-state index contributed by atoms with van der Waals surface area (Å²) in [5, 5.41) is 5.56. The summed E-state index contributed by atoms with van der Waals surface area (Å²) in [5.41, 5.74) is 5.33. The molecular formula is C12H9ClN4O2S. The molecule has 0 amide bonds. The molecule has 0 aliphatic carbocycles. The molecule has 0 aliphatic rings. The molecule has 8 heteroatoms. The first kappa shape index (κ1) is 12.9. The number of hydrogen-bond acceptors (Lipinski definition) is 6. The van der Waals surface area contributed by atoms with Crippen LogP contribution in [0.2, 0.25) is 5.02 Å². The maximum atomic E-state index is 11.3. The number of halogens is 1. The van der Waals surface area contributed by atoms with Gasteiger partial charge in [-0.05, 0) is 24.3 Å². The maximum absolute atomic E-state index is 11.3. The number of ether oxygens (including phenoxy) is 1. The topological polar surface area (TPSA) is 82.5 Å². The van der Waals surface area contributed by atoms with Crippen LogP contribution in [0.25, 0.3) is 4.96 Å². The van der Waals surface area contributed by atoms with Crippen LogP contribution in [0.4, 0.5) is 5.82 Å². The average Bonchev–Trinajstić information content (AvgIpc) is 2.81. The van der Waals surface area contributed by atoms with Crippen molar-refractivity contribution >= 4 is 33.7 Å². The fourth-order valence-electron chi connectivity index (χ4n) is 1.61. The van der Waals surface area contributed by atoms with Gasteiger partial charge in [0.1, 0.15) is 18.2 Å². The zero-order chi connectivity index (χ0) is 14.1. The van der Waals surface area contributed by atoms with E-state index in [4.69, 9.17) is 22.1 Å². The van der Waals surface area contributed by atoms with Crippen molar-refractivity contribution in [2.75, 3.05) is 5.73 Å². The molecule has 0 fully saturated rings. The van der Waals surface area contributed by atoms with Gasteiger partial charge in [0.2, 0.25) is 4.96 Å². The van der Waals surface area contributed by atoms with E-state index in [-0.39, 0.29) is 18.0 Å². The van der Waals surface area contributed by atoms with E-state index in [9.17, 15) is 4.79 Å². The molecule has 1 aromatic carbocycles. The van der Waals surface area contributed by atoms with Crippen LogP contribution in [0.3, 0.4) is 0 Å². The van der Waals surface area contributed by atoms with Gasteiger partial charge in [-0.3, -0.25) is 4.79 Å². The van der Waals surface area contributed by atoms with Crippen LogP contribution in [-0.2, 0) is 6.61 Å². The van der Waals surface area contributed by atoms with Crippen molar-refractivity contribution in [3.05, 3.63) is 50.7 Å². The Hall–Kier alpha value is -2.12. The lowest BCUT2D eigenvalue weighted by Gasteiger charge is -2.02. The predicted octanol–water partition coefficient (Wildman–Crippen LogP) is 1.97. The summed E-state index contributed by atoms with van der Waals surface area (Å²) in [6.45, 7) is 0.267.